The number of furan rings is 1. The van der Waals surface area contributed by atoms with Gasteiger partial charge in [0, 0.05) is 43.1 Å². The van der Waals surface area contributed by atoms with Crippen molar-refractivity contribution >= 4 is 5.96 Å². The number of hydrogen-bond acceptors (Lipinski definition) is 3. The SMILES string of the molecule is CN=C(NCc1ccoc1)NC1C2CCOC2C12CCC2. The van der Waals surface area contributed by atoms with Gasteiger partial charge in [0.1, 0.15) is 0 Å². The van der Waals surface area contributed by atoms with Gasteiger partial charge in [-0.1, -0.05) is 6.42 Å². The normalized spacial score (nSPS) is 33.2. The smallest absolute Gasteiger partial charge is 0.191 e. The molecule has 2 saturated carbocycles. The van der Waals surface area contributed by atoms with Crippen LogP contribution in [0.5, 0.6) is 0 Å². The molecule has 1 aromatic rings. The molecular weight excluding hydrogens is 266 g/mol. The monoisotopic (exact) mass is 289 g/mol. The predicted molar refractivity (Wildman–Crippen MR) is 80.0 cm³/mol. The Labute approximate surface area is 125 Å². The molecular formula is C16H23N3O2. The summed E-state index contributed by atoms with van der Waals surface area (Å²) in [4.78, 5) is 4.37. The first-order valence-electron chi connectivity index (χ1n) is 7.93. The minimum absolute atomic E-state index is 0.383. The maximum absolute atomic E-state index is 5.96. The quantitative estimate of drug-likeness (QED) is 0.659. The Kier molecular flexibility index (Phi) is 3.17. The third kappa shape index (κ3) is 1.98. The molecule has 2 aliphatic carbocycles. The molecule has 4 rings (SSSR count). The van der Waals surface area contributed by atoms with Gasteiger partial charge in [0.25, 0.3) is 0 Å². The van der Waals surface area contributed by atoms with Crippen molar-refractivity contribution in [2.45, 2.75) is 44.4 Å². The summed E-state index contributed by atoms with van der Waals surface area (Å²) in [6.07, 6.45) is 9.07. The number of fused-ring (bicyclic) bond motifs is 2. The summed E-state index contributed by atoms with van der Waals surface area (Å²) in [6.45, 7) is 1.66. The number of guanidine groups is 1. The second-order valence-electron chi connectivity index (χ2n) is 6.51. The molecule has 5 heteroatoms. The molecule has 21 heavy (non-hydrogen) atoms. The van der Waals surface area contributed by atoms with E-state index in [0.29, 0.717) is 23.5 Å². The van der Waals surface area contributed by atoms with E-state index in [2.05, 4.69) is 15.6 Å². The average molecular weight is 289 g/mol. The van der Waals surface area contributed by atoms with Gasteiger partial charge in [-0.15, -0.1) is 0 Å². The van der Waals surface area contributed by atoms with Crippen LogP contribution < -0.4 is 10.6 Å². The zero-order valence-corrected chi connectivity index (χ0v) is 12.5. The van der Waals surface area contributed by atoms with Gasteiger partial charge in [-0.2, -0.15) is 0 Å². The number of rotatable bonds is 3. The van der Waals surface area contributed by atoms with Crippen molar-refractivity contribution in [3.63, 3.8) is 0 Å². The Hall–Kier alpha value is -1.49. The second-order valence-corrected chi connectivity index (χ2v) is 6.51. The van der Waals surface area contributed by atoms with Crippen LogP contribution in [0.3, 0.4) is 0 Å². The topological polar surface area (TPSA) is 58.8 Å². The minimum Gasteiger partial charge on any atom is -0.472 e. The standard InChI is InChI=1S/C16H23N3O2/c1-17-15(18-9-11-3-7-20-10-11)19-13-12-4-8-21-14(12)16(13)5-2-6-16/h3,7,10,12-14H,2,4-6,8-9H2,1H3,(H2,17,18,19). The Morgan fingerprint density at radius 1 is 1.48 bits per heavy atom. The number of hydrogen-bond donors (Lipinski definition) is 2. The van der Waals surface area contributed by atoms with Crippen molar-refractivity contribution in [1.82, 2.24) is 10.6 Å². The van der Waals surface area contributed by atoms with Crippen molar-refractivity contribution < 1.29 is 9.15 Å². The Balaban J connectivity index is 1.39. The highest BCUT2D eigenvalue weighted by Gasteiger charge is 2.66. The number of nitrogens with zero attached hydrogens (tertiary/aromatic N) is 1. The molecule has 1 spiro atoms. The molecule has 0 bridgehead atoms. The van der Waals surface area contributed by atoms with Crippen LogP contribution in [-0.4, -0.2) is 31.8 Å². The van der Waals surface area contributed by atoms with E-state index in [1.54, 1.807) is 12.5 Å². The molecule has 114 valence electrons. The molecule has 3 aliphatic rings. The fourth-order valence-electron chi connectivity index (χ4n) is 4.38. The summed E-state index contributed by atoms with van der Waals surface area (Å²) < 4.78 is 11.1. The maximum Gasteiger partial charge on any atom is 0.191 e. The maximum atomic E-state index is 5.96. The second kappa shape index (κ2) is 5.05. The molecule has 0 aromatic carbocycles. The molecule has 3 fully saturated rings. The lowest BCUT2D eigenvalue weighted by molar-refractivity contribution is -0.171. The minimum atomic E-state index is 0.383. The lowest BCUT2D eigenvalue weighted by atomic mass is 9.46. The van der Waals surface area contributed by atoms with Crippen molar-refractivity contribution in [3.05, 3.63) is 24.2 Å². The van der Waals surface area contributed by atoms with Gasteiger partial charge >= 0.3 is 0 Å². The van der Waals surface area contributed by atoms with Crippen molar-refractivity contribution in [1.29, 1.82) is 0 Å². The molecule has 1 aromatic heterocycles. The van der Waals surface area contributed by atoms with Crippen LogP contribution in [0.25, 0.3) is 0 Å². The van der Waals surface area contributed by atoms with Gasteiger partial charge in [0.15, 0.2) is 5.96 Å². The molecule has 5 nitrogen and oxygen atoms in total. The molecule has 0 radical (unpaired) electrons. The molecule has 2 heterocycles. The summed E-state index contributed by atoms with van der Waals surface area (Å²) in [5.74, 6) is 1.55. The van der Waals surface area contributed by atoms with Crippen LogP contribution in [-0.2, 0) is 11.3 Å². The van der Waals surface area contributed by atoms with E-state index in [9.17, 15) is 0 Å². The Morgan fingerprint density at radius 2 is 2.38 bits per heavy atom. The third-order valence-corrected chi connectivity index (χ3v) is 5.59. The zero-order valence-electron chi connectivity index (χ0n) is 12.5. The van der Waals surface area contributed by atoms with E-state index in [0.717, 1.165) is 24.7 Å². The van der Waals surface area contributed by atoms with Crippen molar-refractivity contribution in [3.8, 4) is 0 Å². The van der Waals surface area contributed by atoms with Crippen LogP contribution in [0, 0.1) is 11.3 Å². The number of nitrogens with one attached hydrogen (secondary N) is 2. The highest BCUT2D eigenvalue weighted by Crippen LogP contribution is 2.62. The lowest BCUT2D eigenvalue weighted by Crippen LogP contribution is -2.72. The molecule has 1 aliphatic heterocycles. The lowest BCUT2D eigenvalue weighted by Gasteiger charge is -2.63. The van der Waals surface area contributed by atoms with Crippen LogP contribution >= 0.6 is 0 Å². The fraction of sp³-hybridized carbons (Fsp3) is 0.688. The molecule has 3 unspecified atom stereocenters. The van der Waals surface area contributed by atoms with Gasteiger partial charge in [-0.3, -0.25) is 4.99 Å². The molecule has 1 saturated heterocycles. The van der Waals surface area contributed by atoms with Gasteiger partial charge in [0.05, 0.1) is 18.6 Å². The van der Waals surface area contributed by atoms with Crippen molar-refractivity contribution in [2.75, 3.05) is 13.7 Å². The average Bonchev–Trinajstić information content (AvgIpc) is 3.08. The van der Waals surface area contributed by atoms with Gasteiger partial charge in [0.2, 0.25) is 0 Å². The van der Waals surface area contributed by atoms with Gasteiger partial charge in [-0.05, 0) is 25.3 Å². The van der Waals surface area contributed by atoms with Crippen LogP contribution in [0.2, 0.25) is 0 Å². The van der Waals surface area contributed by atoms with E-state index in [4.69, 9.17) is 9.15 Å². The van der Waals surface area contributed by atoms with E-state index >= 15 is 0 Å². The molecule has 3 atom stereocenters. The highest BCUT2D eigenvalue weighted by molar-refractivity contribution is 5.80. The van der Waals surface area contributed by atoms with Gasteiger partial charge in [-0.25, -0.2) is 0 Å². The Morgan fingerprint density at radius 3 is 3.05 bits per heavy atom. The number of aliphatic imine (C=N–C) groups is 1. The highest BCUT2D eigenvalue weighted by atomic mass is 16.5. The van der Waals surface area contributed by atoms with E-state index in [1.807, 2.05) is 13.1 Å². The summed E-state index contributed by atoms with van der Waals surface area (Å²) in [7, 11) is 1.83. The fourth-order valence-corrected chi connectivity index (χ4v) is 4.38. The van der Waals surface area contributed by atoms with E-state index in [-0.39, 0.29) is 0 Å². The molecule has 0 amide bonds. The first-order valence-corrected chi connectivity index (χ1v) is 7.93. The molecule has 2 N–H and O–H groups in total. The summed E-state index contributed by atoms with van der Waals surface area (Å²) in [6, 6.07) is 2.49. The largest absolute Gasteiger partial charge is 0.472 e. The summed E-state index contributed by atoms with van der Waals surface area (Å²) >= 11 is 0. The first kappa shape index (κ1) is 13.2. The Bertz CT molecular complexity index is 522. The predicted octanol–water partition coefficient (Wildman–Crippen LogP) is 1.90. The zero-order chi connectivity index (χ0) is 14.3. The summed E-state index contributed by atoms with van der Waals surface area (Å²) in [5.41, 5.74) is 1.51. The van der Waals surface area contributed by atoms with E-state index < -0.39 is 0 Å². The van der Waals surface area contributed by atoms with Gasteiger partial charge < -0.3 is 19.8 Å². The van der Waals surface area contributed by atoms with Crippen LogP contribution in [0.15, 0.2) is 28.0 Å². The third-order valence-electron chi connectivity index (χ3n) is 5.59. The van der Waals surface area contributed by atoms with Crippen LogP contribution in [0.4, 0.5) is 0 Å². The number of ether oxygens (including phenoxy) is 1. The summed E-state index contributed by atoms with van der Waals surface area (Å²) in [5, 5.41) is 7.03. The first-order chi connectivity index (χ1) is 10.3. The van der Waals surface area contributed by atoms with Crippen molar-refractivity contribution in [2.24, 2.45) is 16.3 Å². The van der Waals surface area contributed by atoms with E-state index in [1.165, 1.54) is 25.7 Å². The van der Waals surface area contributed by atoms with Crippen LogP contribution in [0.1, 0.15) is 31.2 Å².